The number of aryl methyl sites for hydroxylation is 1. The zero-order valence-corrected chi connectivity index (χ0v) is 9.56. The van der Waals surface area contributed by atoms with Gasteiger partial charge in [0, 0.05) is 24.8 Å². The Morgan fingerprint density at radius 3 is 2.88 bits per heavy atom. The van der Waals surface area contributed by atoms with Gasteiger partial charge in [-0.15, -0.1) is 11.3 Å². The number of nitrogens with zero attached hydrogens (tertiary/aromatic N) is 3. The second-order valence-corrected chi connectivity index (χ2v) is 4.06. The van der Waals surface area contributed by atoms with Crippen LogP contribution in [0.15, 0.2) is 17.8 Å². The molecule has 0 bridgehead atoms. The number of hydrogen-bond donors (Lipinski definition) is 2. The third-order valence-corrected chi connectivity index (χ3v) is 2.62. The van der Waals surface area contributed by atoms with Gasteiger partial charge in [0.05, 0.1) is 0 Å². The highest BCUT2D eigenvalue weighted by molar-refractivity contribution is 7.13. The van der Waals surface area contributed by atoms with Crippen molar-refractivity contribution in [2.24, 2.45) is 7.05 Å². The maximum Gasteiger partial charge on any atom is 0.339 e. The zero-order chi connectivity index (χ0) is 12.4. The number of aromatic nitrogens is 3. The van der Waals surface area contributed by atoms with Crippen LogP contribution >= 0.6 is 11.3 Å². The normalized spacial score (nSPS) is 10.2. The van der Waals surface area contributed by atoms with Crippen molar-refractivity contribution in [3.8, 4) is 0 Å². The predicted molar refractivity (Wildman–Crippen MR) is 60.2 cm³/mol. The molecule has 0 spiro atoms. The van der Waals surface area contributed by atoms with Gasteiger partial charge in [0.2, 0.25) is 0 Å². The van der Waals surface area contributed by atoms with Crippen LogP contribution in [-0.4, -0.2) is 31.7 Å². The average Bonchev–Trinajstić information content (AvgIpc) is 2.86. The van der Waals surface area contributed by atoms with E-state index in [2.05, 4.69) is 15.4 Å². The summed E-state index contributed by atoms with van der Waals surface area (Å²) in [6, 6.07) is 0. The van der Waals surface area contributed by atoms with Gasteiger partial charge in [0.1, 0.15) is 5.56 Å². The number of thiazole rings is 1. The Hall–Kier alpha value is -2.22. The van der Waals surface area contributed by atoms with Crippen LogP contribution < -0.4 is 5.32 Å². The van der Waals surface area contributed by atoms with E-state index in [0.29, 0.717) is 5.13 Å². The number of carboxylic acids is 1. The first-order valence-corrected chi connectivity index (χ1v) is 5.43. The largest absolute Gasteiger partial charge is 0.478 e. The van der Waals surface area contributed by atoms with E-state index in [1.807, 2.05) is 0 Å². The van der Waals surface area contributed by atoms with Crippen molar-refractivity contribution in [1.82, 2.24) is 14.8 Å². The molecule has 0 aliphatic rings. The lowest BCUT2D eigenvalue weighted by Gasteiger charge is -1.98. The number of carbonyl (C=O) groups is 2. The molecular weight excluding hydrogens is 244 g/mol. The number of amides is 1. The second-order valence-electron chi connectivity index (χ2n) is 3.16. The van der Waals surface area contributed by atoms with Gasteiger partial charge in [-0.3, -0.25) is 14.8 Å². The van der Waals surface area contributed by atoms with E-state index in [-0.39, 0.29) is 11.3 Å². The molecule has 8 heteroatoms. The molecule has 0 radical (unpaired) electrons. The Morgan fingerprint density at radius 1 is 1.53 bits per heavy atom. The molecule has 0 atom stereocenters. The fraction of sp³-hybridized carbons (Fsp3) is 0.111. The van der Waals surface area contributed by atoms with Gasteiger partial charge >= 0.3 is 5.97 Å². The number of hydrogen-bond acceptors (Lipinski definition) is 5. The monoisotopic (exact) mass is 252 g/mol. The number of carboxylic acid groups (broad SMARTS) is 1. The summed E-state index contributed by atoms with van der Waals surface area (Å²) in [4.78, 5) is 26.5. The van der Waals surface area contributed by atoms with Crippen LogP contribution in [0.4, 0.5) is 5.13 Å². The SMILES string of the molecule is Cn1cc(C(=O)O)c(C(=O)Nc2nccs2)n1. The summed E-state index contributed by atoms with van der Waals surface area (Å²) in [5.41, 5.74) is -0.267. The fourth-order valence-electron chi connectivity index (χ4n) is 1.25. The Balaban J connectivity index is 2.27. The lowest BCUT2D eigenvalue weighted by Crippen LogP contribution is -2.16. The summed E-state index contributed by atoms with van der Waals surface area (Å²) in [6.45, 7) is 0. The van der Waals surface area contributed by atoms with E-state index in [9.17, 15) is 9.59 Å². The van der Waals surface area contributed by atoms with Crippen LogP contribution in [0.1, 0.15) is 20.8 Å². The molecule has 0 aliphatic heterocycles. The smallest absolute Gasteiger partial charge is 0.339 e. The Labute approximate surface area is 99.7 Å². The van der Waals surface area contributed by atoms with E-state index in [1.165, 1.54) is 28.4 Å². The molecule has 0 unspecified atom stereocenters. The summed E-state index contributed by atoms with van der Waals surface area (Å²) in [6.07, 6.45) is 2.82. The summed E-state index contributed by atoms with van der Waals surface area (Å²) < 4.78 is 1.28. The Morgan fingerprint density at radius 2 is 2.29 bits per heavy atom. The first kappa shape index (κ1) is 11.3. The molecular formula is C9H8N4O3S. The zero-order valence-electron chi connectivity index (χ0n) is 8.75. The Bertz CT molecular complexity index is 561. The van der Waals surface area contributed by atoms with Gasteiger partial charge in [-0.05, 0) is 0 Å². The van der Waals surface area contributed by atoms with Gasteiger partial charge in [0.25, 0.3) is 5.91 Å². The molecule has 0 saturated heterocycles. The minimum absolute atomic E-state index is 0.129. The summed E-state index contributed by atoms with van der Waals surface area (Å²) >= 11 is 1.24. The van der Waals surface area contributed by atoms with Crippen LogP contribution in [0, 0.1) is 0 Å². The topological polar surface area (TPSA) is 97.1 Å². The average molecular weight is 252 g/mol. The molecule has 2 rings (SSSR count). The number of carbonyl (C=O) groups excluding carboxylic acids is 1. The summed E-state index contributed by atoms with van der Waals surface area (Å²) in [5.74, 6) is -1.78. The number of nitrogens with one attached hydrogen (secondary N) is 1. The molecule has 0 aliphatic carbocycles. The van der Waals surface area contributed by atoms with E-state index in [0.717, 1.165) is 0 Å². The number of aromatic carboxylic acids is 1. The van der Waals surface area contributed by atoms with E-state index >= 15 is 0 Å². The van der Waals surface area contributed by atoms with Crippen molar-refractivity contribution >= 4 is 28.3 Å². The lowest BCUT2D eigenvalue weighted by molar-refractivity contribution is 0.0692. The van der Waals surface area contributed by atoms with Gasteiger partial charge in [-0.1, -0.05) is 0 Å². The summed E-state index contributed by atoms with van der Waals surface area (Å²) in [7, 11) is 1.55. The minimum atomic E-state index is -1.19. The standard InChI is InChI=1S/C9H8N4O3S/c1-13-4-5(8(15)16)6(12-13)7(14)11-9-10-2-3-17-9/h2-4H,1H3,(H,15,16)(H,10,11,14). The molecule has 17 heavy (non-hydrogen) atoms. The minimum Gasteiger partial charge on any atom is -0.478 e. The third kappa shape index (κ3) is 2.31. The van der Waals surface area contributed by atoms with Crippen molar-refractivity contribution in [2.45, 2.75) is 0 Å². The number of rotatable bonds is 3. The molecule has 2 aromatic heterocycles. The fourth-order valence-corrected chi connectivity index (χ4v) is 1.78. The van der Waals surface area contributed by atoms with Gasteiger partial charge in [-0.25, -0.2) is 9.78 Å². The molecule has 2 heterocycles. The first-order valence-electron chi connectivity index (χ1n) is 4.55. The van der Waals surface area contributed by atoms with Gasteiger partial charge in [0.15, 0.2) is 10.8 Å². The molecule has 88 valence electrons. The van der Waals surface area contributed by atoms with Crippen molar-refractivity contribution < 1.29 is 14.7 Å². The molecule has 0 saturated carbocycles. The summed E-state index contributed by atoms with van der Waals surface area (Å²) in [5, 5.41) is 17.3. The Kier molecular flexibility index (Phi) is 2.88. The number of anilines is 1. The van der Waals surface area contributed by atoms with Crippen LogP contribution in [0.2, 0.25) is 0 Å². The maximum absolute atomic E-state index is 11.8. The molecule has 2 N–H and O–H groups in total. The van der Waals surface area contributed by atoms with Crippen molar-refractivity contribution in [3.05, 3.63) is 29.0 Å². The van der Waals surface area contributed by atoms with Crippen molar-refractivity contribution in [3.63, 3.8) is 0 Å². The maximum atomic E-state index is 11.8. The predicted octanol–water partition coefficient (Wildman–Crippen LogP) is 0.827. The quantitative estimate of drug-likeness (QED) is 0.843. The van der Waals surface area contributed by atoms with Crippen molar-refractivity contribution in [2.75, 3.05) is 5.32 Å². The van der Waals surface area contributed by atoms with Crippen molar-refractivity contribution in [1.29, 1.82) is 0 Å². The van der Waals surface area contributed by atoms with E-state index in [4.69, 9.17) is 5.11 Å². The lowest BCUT2D eigenvalue weighted by atomic mass is 10.2. The highest BCUT2D eigenvalue weighted by atomic mass is 32.1. The van der Waals surface area contributed by atoms with Crippen LogP contribution in [-0.2, 0) is 7.05 Å². The molecule has 1 amide bonds. The van der Waals surface area contributed by atoms with E-state index < -0.39 is 11.9 Å². The molecule has 2 aromatic rings. The van der Waals surface area contributed by atoms with Crippen LogP contribution in [0.25, 0.3) is 0 Å². The first-order chi connectivity index (χ1) is 8.08. The van der Waals surface area contributed by atoms with Crippen LogP contribution in [0.3, 0.4) is 0 Å². The van der Waals surface area contributed by atoms with E-state index in [1.54, 1.807) is 12.4 Å². The highest BCUT2D eigenvalue weighted by Gasteiger charge is 2.21. The second kappa shape index (κ2) is 4.34. The van der Waals surface area contributed by atoms with Gasteiger partial charge in [-0.2, -0.15) is 5.10 Å². The highest BCUT2D eigenvalue weighted by Crippen LogP contribution is 2.13. The molecule has 7 nitrogen and oxygen atoms in total. The van der Waals surface area contributed by atoms with Crippen LogP contribution in [0.5, 0.6) is 0 Å². The molecule has 0 aromatic carbocycles. The molecule has 0 fully saturated rings. The third-order valence-electron chi connectivity index (χ3n) is 1.93. The van der Waals surface area contributed by atoms with Gasteiger partial charge < -0.3 is 5.11 Å².